The molecule has 0 unspecified atom stereocenters. The van der Waals surface area contributed by atoms with E-state index in [0.29, 0.717) is 19.6 Å². The van der Waals surface area contributed by atoms with Gasteiger partial charge in [-0.15, -0.1) is 0 Å². The maximum absolute atomic E-state index is 12.4. The molecule has 1 heterocycles. The van der Waals surface area contributed by atoms with E-state index in [0.717, 1.165) is 10.2 Å². The first-order chi connectivity index (χ1) is 10.2. The first-order valence-corrected chi connectivity index (χ1v) is 9.07. The lowest BCUT2D eigenvalue weighted by atomic mass is 10.2. The van der Waals surface area contributed by atoms with Gasteiger partial charge in [0.2, 0.25) is 0 Å². The van der Waals surface area contributed by atoms with Gasteiger partial charge in [0, 0.05) is 6.20 Å². The summed E-state index contributed by atoms with van der Waals surface area (Å²) >= 11 is 0. The van der Waals surface area contributed by atoms with Crippen molar-refractivity contribution in [3.8, 4) is 0 Å². The largest absolute Gasteiger partial charge is 0.442 e. The van der Waals surface area contributed by atoms with Crippen LogP contribution in [0.5, 0.6) is 0 Å². The fourth-order valence-electron chi connectivity index (χ4n) is 1.72. The number of aromatic nitrogens is 2. The van der Waals surface area contributed by atoms with Crippen LogP contribution in [-0.4, -0.2) is 40.9 Å². The second kappa shape index (κ2) is 7.90. The summed E-state index contributed by atoms with van der Waals surface area (Å²) in [6.07, 6.45) is 3.26. The molecule has 1 aromatic rings. The van der Waals surface area contributed by atoms with Crippen molar-refractivity contribution in [3.63, 3.8) is 0 Å². The molecule has 0 aliphatic heterocycles. The van der Waals surface area contributed by atoms with Crippen LogP contribution in [-0.2, 0) is 24.8 Å². The molecule has 0 N–H and O–H groups in total. The van der Waals surface area contributed by atoms with Gasteiger partial charge in [-0.25, -0.2) is 4.79 Å². The van der Waals surface area contributed by atoms with Crippen molar-refractivity contribution in [1.82, 2.24) is 9.78 Å². The highest BCUT2D eigenvalue weighted by Crippen LogP contribution is 2.48. The van der Waals surface area contributed by atoms with Crippen molar-refractivity contribution < 1.29 is 23.1 Å². The highest BCUT2D eigenvalue weighted by atomic mass is 31.2. The molecule has 7 nitrogen and oxygen atoms in total. The Morgan fingerprint density at radius 3 is 2.36 bits per heavy atom. The zero-order valence-corrected chi connectivity index (χ0v) is 14.8. The highest BCUT2D eigenvalue weighted by molar-refractivity contribution is 7.53. The minimum atomic E-state index is -3.09. The van der Waals surface area contributed by atoms with Gasteiger partial charge >= 0.3 is 13.7 Å². The van der Waals surface area contributed by atoms with Gasteiger partial charge in [0.05, 0.1) is 25.6 Å². The topological polar surface area (TPSA) is 79.7 Å². The Kier molecular flexibility index (Phi) is 6.78. The van der Waals surface area contributed by atoms with E-state index in [1.807, 2.05) is 0 Å². The Morgan fingerprint density at radius 1 is 1.27 bits per heavy atom. The first kappa shape index (κ1) is 18.9. The van der Waals surface area contributed by atoms with Gasteiger partial charge in [-0.3, -0.25) is 4.57 Å². The molecule has 0 aromatic carbocycles. The standard InChI is InChI=1S/C14H25N2O5P/c1-6-19-22(18,20-7-2)9-8-12-10-15-16(11-12)13(17)21-14(3,4)5/h10-11H,6-9H2,1-5H3. The van der Waals surface area contributed by atoms with Crippen LogP contribution in [0.2, 0.25) is 0 Å². The maximum Gasteiger partial charge on any atom is 0.435 e. The fourth-order valence-corrected chi connectivity index (χ4v) is 3.38. The van der Waals surface area contributed by atoms with Gasteiger partial charge in [-0.05, 0) is 46.6 Å². The van der Waals surface area contributed by atoms with Crippen molar-refractivity contribution in [3.05, 3.63) is 18.0 Å². The number of carbonyl (C=O) groups excluding carboxylic acids is 1. The minimum absolute atomic E-state index is 0.245. The van der Waals surface area contributed by atoms with Crippen LogP contribution in [0.25, 0.3) is 0 Å². The molecule has 126 valence electrons. The number of aryl methyl sites for hydroxylation is 1. The summed E-state index contributed by atoms with van der Waals surface area (Å²) < 4.78 is 29.2. The zero-order valence-electron chi connectivity index (χ0n) is 13.9. The van der Waals surface area contributed by atoms with Crippen LogP contribution >= 0.6 is 7.60 Å². The molecule has 1 rings (SSSR count). The van der Waals surface area contributed by atoms with Gasteiger partial charge in [0.1, 0.15) is 5.60 Å². The molecule has 0 atom stereocenters. The molecule has 0 spiro atoms. The molecule has 0 bridgehead atoms. The molecule has 8 heteroatoms. The number of nitrogens with zero attached hydrogens (tertiary/aromatic N) is 2. The molecule has 0 aliphatic carbocycles. The SMILES string of the molecule is CCOP(=O)(CCc1cnn(C(=O)OC(C)(C)C)c1)OCC. The lowest BCUT2D eigenvalue weighted by Gasteiger charge is -2.18. The Balaban J connectivity index is 2.65. The van der Waals surface area contributed by atoms with Crippen LogP contribution in [0.1, 0.15) is 40.2 Å². The highest BCUT2D eigenvalue weighted by Gasteiger charge is 2.24. The molecule has 0 saturated carbocycles. The second-order valence-corrected chi connectivity index (χ2v) is 7.88. The first-order valence-electron chi connectivity index (χ1n) is 7.34. The number of carbonyl (C=O) groups is 1. The van der Waals surface area contributed by atoms with Gasteiger partial charge in [-0.1, -0.05) is 0 Å². The summed E-state index contributed by atoms with van der Waals surface area (Å²) in [5.41, 5.74) is 0.188. The van der Waals surface area contributed by atoms with Crippen LogP contribution in [0.4, 0.5) is 4.79 Å². The molecule has 0 fully saturated rings. The smallest absolute Gasteiger partial charge is 0.435 e. The molecule has 0 aliphatic rings. The van der Waals surface area contributed by atoms with E-state index in [1.54, 1.807) is 47.0 Å². The van der Waals surface area contributed by atoms with Crippen molar-refractivity contribution in [2.45, 2.75) is 46.6 Å². The van der Waals surface area contributed by atoms with Crippen LogP contribution in [0.15, 0.2) is 12.4 Å². The van der Waals surface area contributed by atoms with E-state index >= 15 is 0 Å². The summed E-state index contributed by atoms with van der Waals surface area (Å²) in [6, 6.07) is 0. The van der Waals surface area contributed by atoms with Gasteiger partial charge in [0.25, 0.3) is 0 Å². The van der Waals surface area contributed by atoms with Crippen molar-refractivity contribution in [2.24, 2.45) is 0 Å². The number of hydrogen-bond donors (Lipinski definition) is 0. The van der Waals surface area contributed by atoms with E-state index in [9.17, 15) is 9.36 Å². The summed E-state index contributed by atoms with van der Waals surface area (Å²) in [7, 11) is -3.09. The average molecular weight is 332 g/mol. The molecule has 0 saturated heterocycles. The van der Waals surface area contributed by atoms with Crippen molar-refractivity contribution in [1.29, 1.82) is 0 Å². The summed E-state index contributed by atoms with van der Waals surface area (Å²) in [5.74, 6) is 0. The number of hydrogen-bond acceptors (Lipinski definition) is 6. The van der Waals surface area contributed by atoms with Gasteiger partial charge in [0.15, 0.2) is 0 Å². The van der Waals surface area contributed by atoms with Crippen molar-refractivity contribution in [2.75, 3.05) is 19.4 Å². The third-order valence-electron chi connectivity index (χ3n) is 2.54. The molecule has 22 heavy (non-hydrogen) atoms. The van der Waals surface area contributed by atoms with Crippen molar-refractivity contribution >= 4 is 13.7 Å². The Labute approximate surface area is 131 Å². The minimum Gasteiger partial charge on any atom is -0.442 e. The molecule has 1 aromatic heterocycles. The fraction of sp³-hybridized carbons (Fsp3) is 0.714. The molecular formula is C14H25N2O5P. The van der Waals surface area contributed by atoms with Crippen LogP contribution in [0.3, 0.4) is 0 Å². The Hall–Kier alpha value is -1.17. The second-order valence-electron chi connectivity index (χ2n) is 5.69. The zero-order chi connectivity index (χ0) is 16.8. The summed E-state index contributed by atoms with van der Waals surface area (Å²) in [5, 5.41) is 3.96. The maximum atomic E-state index is 12.4. The van der Waals surface area contributed by atoms with Crippen LogP contribution < -0.4 is 0 Å². The van der Waals surface area contributed by atoms with Gasteiger partial charge < -0.3 is 13.8 Å². The van der Waals surface area contributed by atoms with E-state index in [1.165, 1.54) is 0 Å². The quantitative estimate of drug-likeness (QED) is 0.711. The average Bonchev–Trinajstić information content (AvgIpc) is 2.84. The lowest BCUT2D eigenvalue weighted by molar-refractivity contribution is 0.0514. The third kappa shape index (κ3) is 6.30. The lowest BCUT2D eigenvalue weighted by Crippen LogP contribution is -2.27. The monoisotopic (exact) mass is 332 g/mol. The van der Waals surface area contributed by atoms with E-state index in [2.05, 4.69) is 5.10 Å². The normalized spacial score (nSPS) is 12.4. The molecule has 0 amide bonds. The Morgan fingerprint density at radius 2 is 1.86 bits per heavy atom. The van der Waals surface area contributed by atoms with E-state index in [4.69, 9.17) is 13.8 Å². The number of ether oxygens (including phenoxy) is 1. The van der Waals surface area contributed by atoms with E-state index < -0.39 is 19.3 Å². The number of rotatable bonds is 7. The predicted octanol–water partition coefficient (Wildman–Crippen LogP) is 3.47. The Bertz CT molecular complexity index is 526. The third-order valence-corrected chi connectivity index (χ3v) is 4.62. The predicted molar refractivity (Wildman–Crippen MR) is 83.3 cm³/mol. The van der Waals surface area contributed by atoms with Crippen LogP contribution in [0, 0.1) is 0 Å². The summed E-state index contributed by atoms with van der Waals surface area (Å²) in [6.45, 7) is 9.56. The molecule has 0 radical (unpaired) electrons. The van der Waals surface area contributed by atoms with E-state index in [-0.39, 0.29) is 6.16 Å². The summed E-state index contributed by atoms with van der Waals surface area (Å²) in [4.78, 5) is 11.9. The van der Waals surface area contributed by atoms with Gasteiger partial charge in [-0.2, -0.15) is 9.78 Å². The molecular weight excluding hydrogens is 307 g/mol.